The molecule has 336 valence electrons. The number of piperazine rings is 1. The molecule has 4 aliphatic rings. The van der Waals surface area contributed by atoms with Crippen LogP contribution in [0.3, 0.4) is 0 Å². The van der Waals surface area contributed by atoms with Crippen molar-refractivity contribution in [3.8, 4) is 11.5 Å². The highest BCUT2D eigenvalue weighted by Crippen LogP contribution is 2.43. The number of hydrogen-bond acceptors (Lipinski definition) is 12. The highest BCUT2D eigenvalue weighted by Gasteiger charge is 2.34. The number of carbonyl (C=O) groups is 1. The van der Waals surface area contributed by atoms with Crippen LogP contribution in [0.15, 0.2) is 95.7 Å². The standard InChI is InChI=1S/C47H53ClN8O7S/c1-47(2)14-11-34(41(24-47)32-3-5-35(48)6-4-32)28-53-17-19-54(20-18-53)36-7-9-40(44(22-36)63-38-21-33-12-15-49-45(33)51-26-38)46(57)52-64(60,61)39-8-10-42(43(23-39)56(58)59)50-25-31-13-16-55(27-31)37-29-62-30-37/h3-10,12,15,21-23,26,31,37,50H,11,13-14,16-20,24-25,27-30H2,1-2H3,(H,49,51)(H,52,57)/t31-/m1/s1. The minimum Gasteiger partial charge on any atom is -0.455 e. The molecule has 0 radical (unpaired) electrons. The minimum absolute atomic E-state index is 0.0335. The van der Waals surface area contributed by atoms with E-state index < -0.39 is 31.4 Å². The predicted octanol–water partition coefficient (Wildman–Crippen LogP) is 7.95. The Kier molecular flexibility index (Phi) is 12.4. The molecule has 3 aliphatic heterocycles. The molecule has 0 spiro atoms. The normalized spacial score (nSPS) is 19.7. The number of nitrogens with one attached hydrogen (secondary N) is 3. The molecular formula is C47H53ClN8O7S. The molecule has 15 nitrogen and oxygen atoms in total. The molecule has 3 aromatic carbocycles. The molecule has 3 N–H and O–H groups in total. The molecule has 1 amide bonds. The van der Waals surface area contributed by atoms with Crippen molar-refractivity contribution < 1.29 is 27.6 Å². The van der Waals surface area contributed by atoms with Gasteiger partial charge >= 0.3 is 0 Å². The highest BCUT2D eigenvalue weighted by atomic mass is 35.5. The quantitative estimate of drug-likeness (QED) is 0.0726. The van der Waals surface area contributed by atoms with E-state index in [1.807, 2.05) is 18.2 Å². The number of nitro groups is 1. The molecule has 5 heterocycles. The summed E-state index contributed by atoms with van der Waals surface area (Å²) in [5.41, 5.74) is 5.58. The first-order valence-electron chi connectivity index (χ1n) is 21.9. The molecule has 0 saturated carbocycles. The summed E-state index contributed by atoms with van der Waals surface area (Å²) in [7, 11) is -4.56. The highest BCUT2D eigenvalue weighted by molar-refractivity contribution is 7.90. The van der Waals surface area contributed by atoms with Gasteiger partial charge < -0.3 is 24.7 Å². The number of halogens is 1. The number of allylic oxidation sites excluding steroid dienone is 1. The first-order valence-corrected chi connectivity index (χ1v) is 23.7. The number of hydrogen-bond donors (Lipinski definition) is 3. The Labute approximate surface area is 378 Å². The zero-order chi connectivity index (χ0) is 44.6. The average Bonchev–Trinajstić information content (AvgIpc) is 3.93. The van der Waals surface area contributed by atoms with Crippen LogP contribution >= 0.6 is 11.6 Å². The summed E-state index contributed by atoms with van der Waals surface area (Å²) in [5, 5.41) is 16.9. The van der Waals surface area contributed by atoms with Crippen molar-refractivity contribution >= 4 is 61.2 Å². The number of sulfonamides is 1. The Bertz CT molecular complexity index is 2690. The maximum atomic E-state index is 14.0. The van der Waals surface area contributed by atoms with Crippen molar-refractivity contribution in [1.82, 2.24) is 24.5 Å². The van der Waals surface area contributed by atoms with Gasteiger partial charge in [0.1, 0.15) is 22.8 Å². The lowest BCUT2D eigenvalue weighted by Crippen LogP contribution is -2.48. The second-order valence-corrected chi connectivity index (χ2v) is 20.3. The van der Waals surface area contributed by atoms with Crippen LogP contribution in [0.2, 0.25) is 5.02 Å². The number of pyridine rings is 1. The fourth-order valence-corrected chi connectivity index (χ4v) is 10.4. The van der Waals surface area contributed by atoms with Crippen molar-refractivity contribution in [3.63, 3.8) is 0 Å². The largest absolute Gasteiger partial charge is 0.455 e. The van der Waals surface area contributed by atoms with Gasteiger partial charge in [0.25, 0.3) is 21.6 Å². The summed E-state index contributed by atoms with van der Waals surface area (Å²) >= 11 is 6.25. The van der Waals surface area contributed by atoms with E-state index in [4.69, 9.17) is 21.1 Å². The van der Waals surface area contributed by atoms with E-state index in [0.717, 1.165) is 107 Å². The summed E-state index contributed by atoms with van der Waals surface area (Å²) in [4.78, 5) is 39.7. The number of nitrogens with zero attached hydrogens (tertiary/aromatic N) is 5. The van der Waals surface area contributed by atoms with Crippen molar-refractivity contribution in [2.24, 2.45) is 11.3 Å². The van der Waals surface area contributed by atoms with Crippen molar-refractivity contribution in [2.45, 2.75) is 50.5 Å². The lowest BCUT2D eigenvalue weighted by molar-refractivity contribution is -0.384. The Morgan fingerprint density at radius 3 is 2.58 bits per heavy atom. The molecule has 5 aromatic rings. The number of ether oxygens (including phenoxy) is 2. The van der Waals surface area contributed by atoms with E-state index in [0.29, 0.717) is 24.0 Å². The summed E-state index contributed by atoms with van der Waals surface area (Å²) in [6.45, 7) is 12.4. The van der Waals surface area contributed by atoms with Crippen LogP contribution in [0.1, 0.15) is 55.5 Å². The number of nitro benzene ring substituents is 1. The lowest BCUT2D eigenvalue weighted by atomic mass is 9.72. The molecule has 1 atom stereocenters. The molecule has 0 unspecified atom stereocenters. The van der Waals surface area contributed by atoms with Gasteiger partial charge in [-0.05, 0) is 103 Å². The number of amides is 1. The molecule has 9 rings (SSSR count). The van der Waals surface area contributed by atoms with Crippen LogP contribution in [0.25, 0.3) is 16.6 Å². The second kappa shape index (κ2) is 18.2. The third kappa shape index (κ3) is 9.76. The van der Waals surface area contributed by atoms with Gasteiger partial charge in [0.2, 0.25) is 0 Å². The van der Waals surface area contributed by atoms with Crippen LogP contribution in [0.4, 0.5) is 17.1 Å². The Hall–Kier alpha value is -5.52. The fraction of sp³-hybridized carbons (Fsp3) is 0.404. The van der Waals surface area contributed by atoms with Gasteiger partial charge in [0.05, 0.1) is 40.8 Å². The van der Waals surface area contributed by atoms with Crippen LogP contribution < -0.4 is 19.7 Å². The van der Waals surface area contributed by atoms with E-state index in [1.165, 1.54) is 35.0 Å². The van der Waals surface area contributed by atoms with Gasteiger partial charge in [-0.2, -0.15) is 0 Å². The molecular weight excluding hydrogens is 856 g/mol. The number of likely N-dealkylation sites (tertiary alicyclic amines) is 1. The number of fused-ring (bicyclic) bond motifs is 1. The van der Waals surface area contributed by atoms with Gasteiger partial charge in [-0.3, -0.25) is 24.7 Å². The van der Waals surface area contributed by atoms with Gasteiger partial charge in [0.15, 0.2) is 0 Å². The van der Waals surface area contributed by atoms with Crippen molar-refractivity contribution in [1.29, 1.82) is 0 Å². The molecule has 0 bridgehead atoms. The van der Waals surface area contributed by atoms with Crippen LogP contribution in [-0.2, 0) is 14.8 Å². The topological polar surface area (TPSA) is 175 Å². The molecule has 3 saturated heterocycles. The molecule has 2 aromatic heterocycles. The Balaban J connectivity index is 0.910. The zero-order valence-corrected chi connectivity index (χ0v) is 37.6. The first kappa shape index (κ1) is 43.7. The zero-order valence-electron chi connectivity index (χ0n) is 36.0. The summed E-state index contributed by atoms with van der Waals surface area (Å²) in [6.07, 6.45) is 7.43. The summed E-state index contributed by atoms with van der Waals surface area (Å²) in [6, 6.07) is 20.9. The Morgan fingerprint density at radius 1 is 1.03 bits per heavy atom. The third-order valence-corrected chi connectivity index (χ3v) is 14.7. The monoisotopic (exact) mass is 908 g/mol. The lowest BCUT2D eigenvalue weighted by Gasteiger charge is -2.39. The second-order valence-electron chi connectivity index (χ2n) is 18.2. The van der Waals surface area contributed by atoms with Crippen LogP contribution in [0, 0.1) is 21.4 Å². The fourth-order valence-electron chi connectivity index (χ4n) is 9.24. The molecule has 1 aliphatic carbocycles. The maximum absolute atomic E-state index is 14.0. The summed E-state index contributed by atoms with van der Waals surface area (Å²) < 4.78 is 41.3. The smallest absolute Gasteiger partial charge is 0.293 e. The van der Waals surface area contributed by atoms with Crippen LogP contribution in [-0.4, -0.2) is 111 Å². The third-order valence-electron chi connectivity index (χ3n) is 13.1. The minimum atomic E-state index is -4.56. The predicted molar refractivity (Wildman–Crippen MR) is 248 cm³/mol. The van der Waals surface area contributed by atoms with Crippen molar-refractivity contribution in [3.05, 3.63) is 117 Å². The molecule has 64 heavy (non-hydrogen) atoms. The van der Waals surface area contributed by atoms with Gasteiger partial charge in [0, 0.05) is 80.2 Å². The number of H-pyrrole nitrogens is 1. The van der Waals surface area contributed by atoms with E-state index in [9.17, 15) is 23.3 Å². The van der Waals surface area contributed by atoms with Gasteiger partial charge in [-0.25, -0.2) is 18.1 Å². The molecule has 17 heteroatoms. The maximum Gasteiger partial charge on any atom is 0.293 e. The van der Waals surface area contributed by atoms with Crippen LogP contribution in [0.5, 0.6) is 11.5 Å². The number of benzene rings is 3. The first-order chi connectivity index (χ1) is 30.8. The van der Waals surface area contributed by atoms with E-state index in [2.05, 4.69) is 60.7 Å². The number of aromatic nitrogens is 2. The number of rotatable bonds is 14. The van der Waals surface area contributed by atoms with E-state index in [1.54, 1.807) is 30.5 Å². The summed E-state index contributed by atoms with van der Waals surface area (Å²) in [5.74, 6) is -0.182. The SMILES string of the molecule is CC1(C)CCC(CN2CCN(c3ccc(C(=O)NS(=O)(=O)c4ccc(NC[C@H]5CCN(C6COC6)C5)c([N+](=O)[O-])c4)c(Oc4cnc5[nH]ccc5c4)c3)CC2)=C(c2ccc(Cl)cc2)C1. The molecule has 3 fully saturated rings. The number of carbonyl (C=O) groups excluding carboxylic acids is 1. The van der Waals surface area contributed by atoms with E-state index in [-0.39, 0.29) is 28.3 Å². The van der Waals surface area contributed by atoms with Gasteiger partial charge in [-0.1, -0.05) is 43.2 Å². The number of aromatic amines is 1. The van der Waals surface area contributed by atoms with Crippen molar-refractivity contribution in [2.75, 3.05) is 75.8 Å². The Morgan fingerprint density at radius 2 is 1.83 bits per heavy atom. The van der Waals surface area contributed by atoms with Gasteiger partial charge in [-0.15, -0.1) is 0 Å². The number of anilines is 2. The average molecular weight is 910 g/mol. The van der Waals surface area contributed by atoms with E-state index >= 15 is 0 Å².